The highest BCUT2D eigenvalue weighted by Gasteiger charge is 2.40. The lowest BCUT2D eigenvalue weighted by molar-refractivity contribution is -0.120. The minimum atomic E-state index is -0.418. The second-order valence-corrected chi connectivity index (χ2v) is 7.78. The third-order valence-corrected chi connectivity index (χ3v) is 5.43. The van der Waals surface area contributed by atoms with Crippen LogP contribution in [0.15, 0.2) is 72.4 Å². The smallest absolute Gasteiger partial charge is 0.282 e. The molecule has 0 spiro atoms. The van der Waals surface area contributed by atoms with Crippen molar-refractivity contribution in [3.63, 3.8) is 0 Å². The lowest BCUT2D eigenvalue weighted by Gasteiger charge is -2.15. The highest BCUT2D eigenvalue weighted by Crippen LogP contribution is 2.35. The van der Waals surface area contributed by atoms with Crippen LogP contribution in [0.3, 0.4) is 0 Å². The normalized spacial score (nSPS) is 13.7. The first-order chi connectivity index (χ1) is 14.9. The Morgan fingerprint density at radius 3 is 2.16 bits per heavy atom. The van der Waals surface area contributed by atoms with E-state index in [9.17, 15) is 9.59 Å². The largest absolute Gasteiger partial charge is 0.497 e. The van der Waals surface area contributed by atoms with E-state index in [-0.39, 0.29) is 11.6 Å². The molecule has 6 heteroatoms. The fourth-order valence-corrected chi connectivity index (χ4v) is 3.76. The van der Waals surface area contributed by atoms with Crippen LogP contribution >= 0.6 is 11.6 Å². The Hall–Kier alpha value is -3.57. The van der Waals surface area contributed by atoms with Crippen LogP contribution in [0.5, 0.6) is 5.75 Å². The number of rotatable bonds is 5. The summed E-state index contributed by atoms with van der Waals surface area (Å²) in [6.07, 6.45) is 0. The summed E-state index contributed by atoms with van der Waals surface area (Å²) in [5.74, 6) is -0.0980. The first kappa shape index (κ1) is 20.7. The summed E-state index contributed by atoms with van der Waals surface area (Å²) >= 11 is 5.99. The van der Waals surface area contributed by atoms with Crippen LogP contribution in [0, 0.1) is 13.8 Å². The molecule has 0 fully saturated rings. The van der Waals surface area contributed by atoms with Crippen molar-refractivity contribution in [1.29, 1.82) is 0 Å². The molecule has 3 aromatic rings. The maximum Gasteiger partial charge on any atom is 0.282 e. The Bertz CT molecular complexity index is 1200. The summed E-state index contributed by atoms with van der Waals surface area (Å²) < 4.78 is 5.20. The van der Waals surface area contributed by atoms with E-state index in [1.165, 1.54) is 4.90 Å². The SMILES string of the molecule is COc1ccc(NC2=C(c3ccc(C)cc3C)C(=O)N(c3ccc(Cl)cc3)C2=O)cc1. The van der Waals surface area contributed by atoms with Crippen LogP contribution in [0.4, 0.5) is 11.4 Å². The van der Waals surface area contributed by atoms with Gasteiger partial charge in [0, 0.05) is 10.7 Å². The zero-order valence-corrected chi connectivity index (χ0v) is 18.2. The quantitative estimate of drug-likeness (QED) is 0.551. The van der Waals surface area contributed by atoms with Gasteiger partial charge in [0.15, 0.2) is 0 Å². The van der Waals surface area contributed by atoms with E-state index in [0.717, 1.165) is 16.7 Å². The third kappa shape index (κ3) is 3.92. The molecule has 3 aromatic carbocycles. The fraction of sp³-hybridized carbons (Fsp3) is 0.120. The zero-order valence-electron chi connectivity index (χ0n) is 17.4. The van der Waals surface area contributed by atoms with E-state index in [1.54, 1.807) is 55.6 Å². The fourth-order valence-electron chi connectivity index (χ4n) is 3.63. The van der Waals surface area contributed by atoms with E-state index in [4.69, 9.17) is 16.3 Å². The summed E-state index contributed by atoms with van der Waals surface area (Å²) in [7, 11) is 1.59. The van der Waals surface area contributed by atoms with Gasteiger partial charge < -0.3 is 10.1 Å². The molecule has 5 nitrogen and oxygen atoms in total. The molecule has 1 aliphatic heterocycles. The predicted octanol–water partition coefficient (Wildman–Crippen LogP) is 5.36. The summed E-state index contributed by atoms with van der Waals surface area (Å²) in [5, 5.41) is 3.69. The molecule has 4 rings (SSSR count). The van der Waals surface area contributed by atoms with Crippen molar-refractivity contribution in [3.8, 4) is 5.75 Å². The van der Waals surface area contributed by atoms with Gasteiger partial charge in [0.25, 0.3) is 11.8 Å². The van der Waals surface area contributed by atoms with Gasteiger partial charge in [-0.1, -0.05) is 35.4 Å². The molecular weight excluding hydrogens is 412 g/mol. The standard InChI is InChI=1S/C25H21ClN2O3/c1-15-4-13-21(16(2)14-15)22-23(27-18-7-11-20(31-3)12-8-18)25(30)28(24(22)29)19-9-5-17(26)6-10-19/h4-14,27H,1-3H3. The number of hydrogen-bond acceptors (Lipinski definition) is 4. The van der Waals surface area contributed by atoms with Gasteiger partial charge in [-0.05, 0) is 73.5 Å². The number of methoxy groups -OCH3 is 1. The molecule has 0 aromatic heterocycles. The van der Waals surface area contributed by atoms with Crippen LogP contribution in [0.1, 0.15) is 16.7 Å². The van der Waals surface area contributed by atoms with E-state index in [2.05, 4.69) is 5.32 Å². The number of hydrogen-bond donors (Lipinski definition) is 1. The van der Waals surface area contributed by atoms with Crippen LogP contribution in [-0.2, 0) is 9.59 Å². The number of aryl methyl sites for hydroxylation is 2. The number of nitrogens with one attached hydrogen (secondary N) is 1. The van der Waals surface area contributed by atoms with Gasteiger partial charge in [-0.3, -0.25) is 9.59 Å². The lowest BCUT2D eigenvalue weighted by Crippen LogP contribution is -2.32. The van der Waals surface area contributed by atoms with Crippen molar-refractivity contribution < 1.29 is 14.3 Å². The van der Waals surface area contributed by atoms with Crippen molar-refractivity contribution in [3.05, 3.63) is 94.1 Å². The second kappa shape index (κ2) is 8.28. The minimum Gasteiger partial charge on any atom is -0.497 e. The number of imide groups is 1. The average molecular weight is 433 g/mol. The second-order valence-electron chi connectivity index (χ2n) is 7.34. The molecule has 0 radical (unpaired) electrons. The Balaban J connectivity index is 1.82. The van der Waals surface area contributed by atoms with Crippen molar-refractivity contribution in [2.24, 2.45) is 0 Å². The molecule has 156 valence electrons. The van der Waals surface area contributed by atoms with Crippen molar-refractivity contribution in [1.82, 2.24) is 0 Å². The Labute approximate surface area is 185 Å². The topological polar surface area (TPSA) is 58.6 Å². The lowest BCUT2D eigenvalue weighted by atomic mass is 9.97. The Morgan fingerprint density at radius 2 is 1.55 bits per heavy atom. The minimum absolute atomic E-state index is 0.233. The molecule has 0 atom stereocenters. The molecule has 1 heterocycles. The van der Waals surface area contributed by atoms with Gasteiger partial charge in [0.2, 0.25) is 0 Å². The van der Waals surface area contributed by atoms with Gasteiger partial charge in [-0.15, -0.1) is 0 Å². The molecule has 2 amide bonds. The van der Waals surface area contributed by atoms with Gasteiger partial charge in [0.1, 0.15) is 11.4 Å². The Kier molecular flexibility index (Phi) is 5.53. The molecular formula is C25H21ClN2O3. The van der Waals surface area contributed by atoms with Crippen molar-refractivity contribution in [2.75, 3.05) is 17.3 Å². The number of carbonyl (C=O) groups is 2. The van der Waals surface area contributed by atoms with E-state index >= 15 is 0 Å². The van der Waals surface area contributed by atoms with Gasteiger partial charge in [0.05, 0.1) is 18.4 Å². The highest BCUT2D eigenvalue weighted by molar-refractivity contribution is 6.46. The Morgan fingerprint density at radius 1 is 0.871 bits per heavy atom. The molecule has 1 N–H and O–H groups in total. The molecule has 0 aliphatic carbocycles. The molecule has 0 saturated heterocycles. The van der Waals surface area contributed by atoms with Crippen LogP contribution < -0.4 is 15.0 Å². The molecule has 1 aliphatic rings. The average Bonchev–Trinajstić information content (AvgIpc) is 2.99. The number of benzene rings is 3. The number of ether oxygens (including phenoxy) is 1. The summed E-state index contributed by atoms with van der Waals surface area (Å²) in [5.41, 5.74) is 4.44. The first-order valence-electron chi connectivity index (χ1n) is 9.76. The summed E-state index contributed by atoms with van der Waals surface area (Å²) in [4.78, 5) is 28.1. The molecule has 0 unspecified atom stereocenters. The van der Waals surface area contributed by atoms with Crippen molar-refractivity contribution in [2.45, 2.75) is 13.8 Å². The third-order valence-electron chi connectivity index (χ3n) is 5.18. The predicted molar refractivity (Wildman–Crippen MR) is 123 cm³/mol. The number of anilines is 2. The summed E-state index contributed by atoms with van der Waals surface area (Å²) in [6, 6.07) is 19.6. The van der Waals surface area contributed by atoms with E-state index in [1.807, 2.05) is 32.0 Å². The van der Waals surface area contributed by atoms with Crippen LogP contribution in [0.25, 0.3) is 5.57 Å². The molecule has 31 heavy (non-hydrogen) atoms. The maximum absolute atomic E-state index is 13.5. The van der Waals surface area contributed by atoms with Crippen LogP contribution in [-0.4, -0.2) is 18.9 Å². The first-order valence-corrected chi connectivity index (χ1v) is 10.1. The van der Waals surface area contributed by atoms with Gasteiger partial charge >= 0.3 is 0 Å². The van der Waals surface area contributed by atoms with Crippen molar-refractivity contribution >= 4 is 40.4 Å². The zero-order chi connectivity index (χ0) is 22.1. The maximum atomic E-state index is 13.5. The van der Waals surface area contributed by atoms with E-state index < -0.39 is 5.91 Å². The number of halogens is 1. The molecule has 0 saturated carbocycles. The number of nitrogens with zero attached hydrogens (tertiary/aromatic N) is 1. The number of amides is 2. The van der Waals surface area contributed by atoms with Gasteiger partial charge in [-0.25, -0.2) is 4.90 Å². The van der Waals surface area contributed by atoms with E-state index in [0.29, 0.717) is 27.7 Å². The summed E-state index contributed by atoms with van der Waals surface area (Å²) in [6.45, 7) is 3.92. The number of carbonyl (C=O) groups excluding carboxylic acids is 2. The van der Waals surface area contributed by atoms with Crippen LogP contribution in [0.2, 0.25) is 5.02 Å². The highest BCUT2D eigenvalue weighted by atomic mass is 35.5. The molecule has 0 bridgehead atoms. The monoisotopic (exact) mass is 432 g/mol. The van der Waals surface area contributed by atoms with Gasteiger partial charge in [-0.2, -0.15) is 0 Å².